The molecule has 1 aromatic heterocycles. The van der Waals surface area contributed by atoms with Crippen LogP contribution in [0.1, 0.15) is 49.9 Å². The van der Waals surface area contributed by atoms with Gasteiger partial charge in [0.1, 0.15) is 11.5 Å². The lowest BCUT2D eigenvalue weighted by Crippen LogP contribution is -2.40. The number of rotatable bonds is 5. The van der Waals surface area contributed by atoms with Crippen LogP contribution in [0, 0.1) is 11.8 Å². The van der Waals surface area contributed by atoms with Crippen molar-refractivity contribution in [3.63, 3.8) is 0 Å². The predicted molar refractivity (Wildman–Crippen MR) is 97.6 cm³/mol. The van der Waals surface area contributed by atoms with Crippen molar-refractivity contribution in [3.05, 3.63) is 17.7 Å². The maximum atomic E-state index is 12.8. The normalized spacial score (nSPS) is 18.8. The smallest absolute Gasteiger partial charge is 0.309 e. The van der Waals surface area contributed by atoms with Gasteiger partial charge >= 0.3 is 5.97 Å². The van der Waals surface area contributed by atoms with Crippen molar-refractivity contribution in [3.8, 4) is 0 Å². The molecule has 7 nitrogen and oxygen atoms in total. The van der Waals surface area contributed by atoms with E-state index in [0.29, 0.717) is 44.1 Å². The van der Waals surface area contributed by atoms with Gasteiger partial charge in [0.05, 0.1) is 19.1 Å². The number of carbonyl (C=O) groups excluding carboxylic acids is 2. The van der Waals surface area contributed by atoms with E-state index in [0.717, 1.165) is 32.0 Å². The number of hydrogen-bond acceptors (Lipinski definition) is 5. The summed E-state index contributed by atoms with van der Waals surface area (Å²) in [5.41, 5.74) is 0.529. The number of nitrogens with zero attached hydrogens (tertiary/aromatic N) is 4. The Labute approximate surface area is 155 Å². The second kappa shape index (κ2) is 8.20. The molecule has 1 amide bonds. The summed E-state index contributed by atoms with van der Waals surface area (Å²) in [6, 6.07) is 0. The topological polar surface area (TPSA) is 67.7 Å². The second-order valence-electron chi connectivity index (χ2n) is 7.68. The molecule has 0 N–H and O–H groups in total. The molecule has 7 heteroatoms. The molecule has 3 heterocycles. The Morgan fingerprint density at radius 2 is 1.96 bits per heavy atom. The minimum Gasteiger partial charge on any atom is -0.466 e. The van der Waals surface area contributed by atoms with Gasteiger partial charge in [-0.1, -0.05) is 13.8 Å². The first-order valence-electron chi connectivity index (χ1n) is 9.72. The summed E-state index contributed by atoms with van der Waals surface area (Å²) in [4.78, 5) is 33.5. The van der Waals surface area contributed by atoms with E-state index >= 15 is 0 Å². The number of imidazole rings is 1. The van der Waals surface area contributed by atoms with Gasteiger partial charge in [-0.05, 0) is 25.7 Å². The summed E-state index contributed by atoms with van der Waals surface area (Å²) in [5, 5.41) is 0. The summed E-state index contributed by atoms with van der Waals surface area (Å²) in [6.07, 6.45) is 3.22. The van der Waals surface area contributed by atoms with E-state index in [-0.39, 0.29) is 17.8 Å². The quantitative estimate of drug-likeness (QED) is 0.747. The molecule has 0 aromatic carbocycles. The number of likely N-dealkylation sites (tertiary alicyclic amines) is 1. The molecule has 26 heavy (non-hydrogen) atoms. The average molecular weight is 362 g/mol. The molecule has 1 fully saturated rings. The molecule has 1 saturated heterocycles. The lowest BCUT2D eigenvalue weighted by Gasteiger charge is -2.30. The summed E-state index contributed by atoms with van der Waals surface area (Å²) in [6.45, 7) is 11.6. The Bertz CT molecular complexity index is 647. The highest BCUT2D eigenvalue weighted by Crippen LogP contribution is 2.21. The minimum atomic E-state index is -0.137. The molecule has 2 aliphatic rings. The van der Waals surface area contributed by atoms with Crippen molar-refractivity contribution in [2.45, 2.75) is 46.7 Å². The summed E-state index contributed by atoms with van der Waals surface area (Å²) in [7, 11) is 0. The van der Waals surface area contributed by atoms with Crippen LogP contribution in [-0.4, -0.2) is 64.0 Å². The van der Waals surface area contributed by atoms with Crippen LogP contribution < -0.4 is 0 Å². The zero-order chi connectivity index (χ0) is 18.7. The number of ether oxygens (including phenoxy) is 1. The summed E-state index contributed by atoms with van der Waals surface area (Å²) in [5.74, 6) is 1.35. The van der Waals surface area contributed by atoms with Crippen LogP contribution in [0.4, 0.5) is 0 Å². The van der Waals surface area contributed by atoms with Gasteiger partial charge in [-0.3, -0.25) is 14.5 Å². The number of carbonyl (C=O) groups is 2. The minimum absolute atomic E-state index is 0.0235. The molecule has 0 spiro atoms. The van der Waals surface area contributed by atoms with Crippen LogP contribution in [0.2, 0.25) is 0 Å². The molecular weight excluding hydrogens is 332 g/mol. The van der Waals surface area contributed by atoms with E-state index in [2.05, 4.69) is 28.3 Å². The Balaban J connectivity index is 1.58. The fourth-order valence-corrected chi connectivity index (χ4v) is 3.82. The van der Waals surface area contributed by atoms with E-state index in [1.54, 1.807) is 0 Å². The Morgan fingerprint density at radius 1 is 1.23 bits per heavy atom. The Hall–Kier alpha value is -1.89. The molecule has 0 atom stereocenters. The third kappa shape index (κ3) is 4.26. The third-order valence-corrected chi connectivity index (χ3v) is 5.13. The van der Waals surface area contributed by atoms with Crippen LogP contribution in [-0.2, 0) is 22.6 Å². The number of amides is 1. The molecule has 0 unspecified atom stereocenters. The van der Waals surface area contributed by atoms with Gasteiger partial charge in [0, 0.05) is 38.9 Å². The van der Waals surface area contributed by atoms with Gasteiger partial charge in [-0.2, -0.15) is 0 Å². The van der Waals surface area contributed by atoms with E-state index in [1.807, 2.05) is 18.0 Å². The van der Waals surface area contributed by atoms with Gasteiger partial charge in [-0.15, -0.1) is 0 Å². The van der Waals surface area contributed by atoms with Crippen molar-refractivity contribution >= 4 is 11.9 Å². The highest BCUT2D eigenvalue weighted by Gasteiger charge is 2.30. The molecule has 0 radical (unpaired) electrons. The maximum Gasteiger partial charge on any atom is 0.309 e. The molecule has 1 aromatic rings. The second-order valence-corrected chi connectivity index (χ2v) is 7.68. The van der Waals surface area contributed by atoms with E-state index in [4.69, 9.17) is 4.74 Å². The lowest BCUT2D eigenvalue weighted by molar-refractivity contribution is -0.149. The number of esters is 1. The van der Waals surface area contributed by atoms with Crippen LogP contribution in [0.3, 0.4) is 0 Å². The van der Waals surface area contributed by atoms with Crippen molar-refractivity contribution < 1.29 is 14.3 Å². The molecule has 144 valence electrons. The lowest BCUT2D eigenvalue weighted by atomic mass is 9.97. The molecular formula is C19H30N4O3. The molecule has 0 aliphatic carbocycles. The number of fused-ring (bicyclic) bond motifs is 1. The average Bonchev–Trinajstić information content (AvgIpc) is 3.04. The van der Waals surface area contributed by atoms with E-state index < -0.39 is 0 Å². The van der Waals surface area contributed by atoms with Gasteiger partial charge in [0.2, 0.25) is 0 Å². The van der Waals surface area contributed by atoms with Crippen molar-refractivity contribution in [1.29, 1.82) is 0 Å². The van der Waals surface area contributed by atoms with Crippen LogP contribution in [0.25, 0.3) is 0 Å². The Morgan fingerprint density at radius 3 is 2.62 bits per heavy atom. The number of aromatic nitrogens is 2. The first kappa shape index (κ1) is 18.9. The van der Waals surface area contributed by atoms with Crippen LogP contribution in [0.15, 0.2) is 6.20 Å². The fraction of sp³-hybridized carbons (Fsp3) is 0.737. The monoisotopic (exact) mass is 362 g/mol. The first-order valence-corrected chi connectivity index (χ1v) is 9.72. The van der Waals surface area contributed by atoms with Gasteiger partial charge in [0.25, 0.3) is 5.91 Å². The van der Waals surface area contributed by atoms with Crippen molar-refractivity contribution in [2.24, 2.45) is 11.8 Å². The van der Waals surface area contributed by atoms with E-state index in [9.17, 15) is 9.59 Å². The van der Waals surface area contributed by atoms with Crippen LogP contribution in [0.5, 0.6) is 0 Å². The van der Waals surface area contributed by atoms with Crippen molar-refractivity contribution in [2.75, 3.05) is 32.8 Å². The highest BCUT2D eigenvalue weighted by molar-refractivity contribution is 5.92. The summed E-state index contributed by atoms with van der Waals surface area (Å²) >= 11 is 0. The molecule has 3 rings (SSSR count). The zero-order valence-electron chi connectivity index (χ0n) is 16.1. The number of piperidine rings is 1. The van der Waals surface area contributed by atoms with Gasteiger partial charge in [-0.25, -0.2) is 4.98 Å². The zero-order valence-corrected chi connectivity index (χ0v) is 16.1. The van der Waals surface area contributed by atoms with Gasteiger partial charge in [0.15, 0.2) is 0 Å². The highest BCUT2D eigenvalue weighted by atomic mass is 16.5. The first-order chi connectivity index (χ1) is 12.5. The maximum absolute atomic E-state index is 12.8. The van der Waals surface area contributed by atoms with Crippen molar-refractivity contribution in [1.82, 2.24) is 19.4 Å². The molecule has 0 saturated carbocycles. The third-order valence-electron chi connectivity index (χ3n) is 5.13. The fourth-order valence-electron chi connectivity index (χ4n) is 3.82. The number of hydrogen-bond donors (Lipinski definition) is 0. The van der Waals surface area contributed by atoms with E-state index in [1.165, 1.54) is 0 Å². The predicted octanol–water partition coefficient (Wildman–Crippen LogP) is 1.77. The largest absolute Gasteiger partial charge is 0.466 e. The molecule has 2 aliphatic heterocycles. The standard InChI is InChI=1S/C19H30N4O3/c1-4-26-19(25)15-5-7-22(8-6-15)18(24)16-12-23-10-9-21(11-14(2)3)13-17(23)20-16/h12,14-15H,4-11,13H2,1-3H3. The Kier molecular flexibility index (Phi) is 5.96. The van der Waals surface area contributed by atoms with Gasteiger partial charge < -0.3 is 14.2 Å². The molecule has 0 bridgehead atoms. The van der Waals surface area contributed by atoms with Crippen LogP contribution >= 0.6 is 0 Å². The SMILES string of the molecule is CCOC(=O)C1CCN(C(=O)c2cn3c(n2)CN(CC(C)C)CC3)CC1. The summed E-state index contributed by atoms with van der Waals surface area (Å²) < 4.78 is 7.20.